The van der Waals surface area contributed by atoms with E-state index in [0.29, 0.717) is 40.5 Å². The molecule has 0 fully saturated rings. The van der Waals surface area contributed by atoms with Gasteiger partial charge in [-0.15, -0.1) is 0 Å². The molecule has 0 aliphatic heterocycles. The molecule has 3 aromatic carbocycles. The summed E-state index contributed by atoms with van der Waals surface area (Å²) in [6.07, 6.45) is 1.58. The number of methoxy groups -OCH3 is 1. The molecule has 0 unspecified atom stereocenters. The number of anilines is 1. The van der Waals surface area contributed by atoms with Gasteiger partial charge in [-0.05, 0) is 66.9 Å². The number of carbonyl (C=O) groups is 1. The van der Waals surface area contributed by atoms with Crippen molar-refractivity contribution in [1.82, 2.24) is 14.3 Å². The predicted octanol–water partition coefficient (Wildman–Crippen LogP) is 5.25. The number of aliphatic hydroxyl groups excluding tert-OH is 1. The average Bonchev–Trinajstić information content (AvgIpc) is 3.21. The minimum Gasteiger partial charge on any atom is -0.497 e. The van der Waals surface area contributed by atoms with Crippen molar-refractivity contribution in [2.45, 2.75) is 32.9 Å². The summed E-state index contributed by atoms with van der Waals surface area (Å²) in [7, 11) is 1.60. The molecule has 1 amide bonds. The second-order valence-corrected chi connectivity index (χ2v) is 9.30. The van der Waals surface area contributed by atoms with E-state index in [0.717, 1.165) is 17.3 Å². The minimum absolute atomic E-state index is 0.107. The molecule has 0 spiro atoms. The first-order valence-corrected chi connectivity index (χ1v) is 12.8. The van der Waals surface area contributed by atoms with Gasteiger partial charge in [0.2, 0.25) is 0 Å². The molecule has 8 heteroatoms. The van der Waals surface area contributed by atoms with Gasteiger partial charge in [0.1, 0.15) is 17.4 Å². The maximum Gasteiger partial charge on any atom is 0.284 e. The molecule has 5 rings (SSSR count). The zero-order chi connectivity index (χ0) is 27.5. The smallest absolute Gasteiger partial charge is 0.284 e. The number of hydrogen-bond donors (Lipinski definition) is 2. The number of aromatic nitrogens is 3. The van der Waals surface area contributed by atoms with E-state index in [1.165, 1.54) is 0 Å². The Labute approximate surface area is 226 Å². The Kier molecular flexibility index (Phi) is 7.29. The van der Waals surface area contributed by atoms with E-state index < -0.39 is 12.0 Å². The van der Waals surface area contributed by atoms with Crippen LogP contribution in [0, 0.1) is 6.92 Å². The molecule has 8 nitrogen and oxygen atoms in total. The number of aliphatic hydroxyl groups is 1. The molecule has 0 saturated heterocycles. The van der Waals surface area contributed by atoms with Crippen molar-refractivity contribution < 1.29 is 14.6 Å². The van der Waals surface area contributed by atoms with Crippen molar-refractivity contribution in [3.63, 3.8) is 0 Å². The van der Waals surface area contributed by atoms with Crippen LogP contribution in [0.5, 0.6) is 5.75 Å². The molecule has 0 aliphatic rings. The van der Waals surface area contributed by atoms with E-state index in [4.69, 9.17) is 4.74 Å². The monoisotopic (exact) mass is 522 g/mol. The van der Waals surface area contributed by atoms with E-state index >= 15 is 0 Å². The highest BCUT2D eigenvalue weighted by Gasteiger charge is 2.24. The third-order valence-electron chi connectivity index (χ3n) is 6.82. The highest BCUT2D eigenvalue weighted by Crippen LogP contribution is 2.30. The Balaban J connectivity index is 1.41. The van der Waals surface area contributed by atoms with Crippen molar-refractivity contribution in [2.75, 3.05) is 12.4 Å². The number of nitrogens with zero attached hydrogens (tertiary/aromatic N) is 3. The normalized spacial score (nSPS) is 11.9. The molecule has 198 valence electrons. The molecule has 0 aliphatic carbocycles. The molecule has 5 aromatic rings. The van der Waals surface area contributed by atoms with Crippen LogP contribution < -0.4 is 15.6 Å². The molecule has 2 aromatic heterocycles. The zero-order valence-electron chi connectivity index (χ0n) is 22.1. The first-order valence-electron chi connectivity index (χ1n) is 12.8. The molecular weight excluding hydrogens is 492 g/mol. The number of benzene rings is 3. The van der Waals surface area contributed by atoms with Crippen LogP contribution in [0.25, 0.3) is 16.6 Å². The Morgan fingerprint density at radius 3 is 2.49 bits per heavy atom. The van der Waals surface area contributed by atoms with Gasteiger partial charge in [-0.1, -0.05) is 37.3 Å². The standard InChI is InChI=1S/C31H30N4O4/c1-4-18-34-20(2)28(31(38)35(34)23-8-6-5-7-9-23)30(37)33-22-12-10-21(11-13-22)29(36)26-16-17-32-27-19-24(39-3)14-15-25(26)27/h5-17,19,29,36H,4,18H2,1-3H3,(H,33,37)/t29-/m0/s1. The van der Waals surface area contributed by atoms with E-state index in [1.54, 1.807) is 55.2 Å². The highest BCUT2D eigenvalue weighted by molar-refractivity contribution is 6.05. The molecule has 0 bridgehead atoms. The molecule has 2 heterocycles. The lowest BCUT2D eigenvalue weighted by molar-refractivity contribution is 0.102. The maximum atomic E-state index is 13.4. The third kappa shape index (κ3) is 4.94. The van der Waals surface area contributed by atoms with Crippen LogP contribution in [0.15, 0.2) is 89.9 Å². The average molecular weight is 523 g/mol. The van der Waals surface area contributed by atoms with Gasteiger partial charge < -0.3 is 15.2 Å². The summed E-state index contributed by atoms with van der Waals surface area (Å²) in [4.78, 5) is 31.1. The fourth-order valence-electron chi connectivity index (χ4n) is 4.85. The Bertz CT molecular complexity index is 1690. The van der Waals surface area contributed by atoms with Crippen LogP contribution >= 0.6 is 0 Å². The third-order valence-corrected chi connectivity index (χ3v) is 6.82. The number of fused-ring (bicyclic) bond motifs is 1. The summed E-state index contributed by atoms with van der Waals surface area (Å²) in [6.45, 7) is 4.42. The molecule has 2 N–H and O–H groups in total. The van der Waals surface area contributed by atoms with E-state index in [2.05, 4.69) is 10.3 Å². The number of pyridine rings is 1. The summed E-state index contributed by atoms with van der Waals surface area (Å²) in [5, 5.41) is 14.8. The molecular formula is C31H30N4O4. The van der Waals surface area contributed by atoms with Gasteiger partial charge in [-0.25, -0.2) is 4.68 Å². The Morgan fingerprint density at radius 2 is 1.79 bits per heavy atom. The number of amides is 1. The minimum atomic E-state index is -0.892. The van der Waals surface area contributed by atoms with Gasteiger partial charge >= 0.3 is 0 Å². The number of nitrogens with one attached hydrogen (secondary N) is 1. The van der Waals surface area contributed by atoms with Gasteiger partial charge in [0.05, 0.1) is 24.0 Å². The van der Waals surface area contributed by atoms with Gasteiger partial charge in [0, 0.05) is 29.9 Å². The summed E-state index contributed by atoms with van der Waals surface area (Å²) < 4.78 is 8.69. The van der Waals surface area contributed by atoms with Crippen molar-refractivity contribution in [3.8, 4) is 11.4 Å². The second-order valence-electron chi connectivity index (χ2n) is 9.30. The van der Waals surface area contributed by atoms with Crippen molar-refractivity contribution in [3.05, 3.63) is 118 Å². The van der Waals surface area contributed by atoms with E-state index in [1.807, 2.05) is 60.1 Å². The molecule has 39 heavy (non-hydrogen) atoms. The Morgan fingerprint density at radius 1 is 1.05 bits per heavy atom. The van der Waals surface area contributed by atoms with Crippen LogP contribution in [0.3, 0.4) is 0 Å². The van der Waals surface area contributed by atoms with E-state index in [-0.39, 0.29) is 11.1 Å². The van der Waals surface area contributed by atoms with E-state index in [9.17, 15) is 14.7 Å². The first-order chi connectivity index (χ1) is 18.9. The Hall–Kier alpha value is -4.69. The maximum absolute atomic E-state index is 13.4. The van der Waals surface area contributed by atoms with Gasteiger partial charge in [-0.2, -0.15) is 0 Å². The van der Waals surface area contributed by atoms with Gasteiger partial charge in [0.25, 0.3) is 11.5 Å². The van der Waals surface area contributed by atoms with Crippen molar-refractivity contribution >= 4 is 22.5 Å². The summed E-state index contributed by atoms with van der Waals surface area (Å²) in [6, 6.07) is 23.6. The lowest BCUT2D eigenvalue weighted by atomic mass is 9.98. The molecule has 1 atom stereocenters. The number of rotatable bonds is 8. The quantitative estimate of drug-likeness (QED) is 0.290. The zero-order valence-corrected chi connectivity index (χ0v) is 22.1. The predicted molar refractivity (Wildman–Crippen MR) is 152 cm³/mol. The lowest BCUT2D eigenvalue weighted by Crippen LogP contribution is -2.25. The van der Waals surface area contributed by atoms with Crippen molar-refractivity contribution in [2.24, 2.45) is 0 Å². The fraction of sp³-hybridized carbons (Fsp3) is 0.194. The number of hydrogen-bond acceptors (Lipinski definition) is 5. The van der Waals surface area contributed by atoms with Crippen LogP contribution in [0.2, 0.25) is 0 Å². The van der Waals surface area contributed by atoms with Crippen molar-refractivity contribution in [1.29, 1.82) is 0 Å². The highest BCUT2D eigenvalue weighted by atomic mass is 16.5. The number of para-hydroxylation sites is 1. The number of ether oxygens (including phenoxy) is 1. The number of carbonyl (C=O) groups excluding carboxylic acids is 1. The molecule has 0 saturated carbocycles. The summed E-state index contributed by atoms with van der Waals surface area (Å²) in [5.74, 6) is 0.219. The molecule has 0 radical (unpaired) electrons. The topological polar surface area (TPSA) is 98.4 Å². The largest absolute Gasteiger partial charge is 0.497 e. The van der Waals surface area contributed by atoms with Crippen LogP contribution in [0.1, 0.15) is 46.6 Å². The second kappa shape index (κ2) is 11.0. The summed E-state index contributed by atoms with van der Waals surface area (Å²) in [5.41, 5.74) is 3.68. The van der Waals surface area contributed by atoms with Crippen LogP contribution in [0.4, 0.5) is 5.69 Å². The van der Waals surface area contributed by atoms with Gasteiger partial charge in [-0.3, -0.25) is 19.3 Å². The first kappa shape index (κ1) is 25.9. The fourth-order valence-corrected chi connectivity index (χ4v) is 4.85. The van der Waals surface area contributed by atoms with Gasteiger partial charge in [0.15, 0.2) is 0 Å². The lowest BCUT2D eigenvalue weighted by Gasteiger charge is -2.15. The van der Waals surface area contributed by atoms with Crippen LogP contribution in [-0.2, 0) is 6.54 Å². The summed E-state index contributed by atoms with van der Waals surface area (Å²) >= 11 is 0. The van der Waals surface area contributed by atoms with Crippen LogP contribution in [-0.4, -0.2) is 32.5 Å². The SMILES string of the molecule is CCCn1c(C)c(C(=O)Nc2ccc([C@H](O)c3ccnc4cc(OC)ccc34)cc2)c(=O)n1-c1ccccc1.